The lowest BCUT2D eigenvalue weighted by Crippen LogP contribution is -2.13. The van der Waals surface area contributed by atoms with Gasteiger partial charge in [0, 0.05) is 22.3 Å². The highest BCUT2D eigenvalue weighted by atomic mass is 35.5. The van der Waals surface area contributed by atoms with Gasteiger partial charge in [-0.05, 0) is 54.6 Å². The molecule has 0 radical (unpaired) electrons. The monoisotopic (exact) mass is 400 g/mol. The summed E-state index contributed by atoms with van der Waals surface area (Å²) in [6.45, 7) is 0. The van der Waals surface area contributed by atoms with E-state index in [0.717, 1.165) is 0 Å². The first-order valence-electron chi connectivity index (χ1n) is 7.70. The number of hydrogen-bond donors (Lipinski definition) is 1. The van der Waals surface area contributed by atoms with Crippen molar-refractivity contribution < 1.29 is 13.6 Å². The third-order valence-electron chi connectivity index (χ3n) is 3.58. The molecule has 4 nitrogen and oxygen atoms in total. The van der Waals surface area contributed by atoms with Crippen LogP contribution in [0.5, 0.6) is 0 Å². The number of benzene rings is 2. The molecule has 0 atom stereocenters. The number of carbonyl (C=O) groups excluding carboxylic acids is 1. The van der Waals surface area contributed by atoms with Gasteiger partial charge in [-0.3, -0.25) is 4.79 Å². The first-order valence-corrected chi connectivity index (χ1v) is 8.46. The number of nitrogens with zero attached hydrogens (tertiary/aromatic N) is 1. The Hall–Kier alpha value is -3.07. The number of rotatable bonds is 4. The molecule has 0 saturated heterocycles. The number of carbonyl (C=O) groups is 1. The molecule has 0 aliphatic rings. The molecule has 0 bridgehead atoms. The summed E-state index contributed by atoms with van der Waals surface area (Å²) in [4.78, 5) is 12.2. The zero-order chi connectivity index (χ0) is 19.4. The van der Waals surface area contributed by atoms with E-state index in [4.69, 9.17) is 27.6 Å². The normalized spacial score (nSPS) is 11.1. The van der Waals surface area contributed by atoms with E-state index >= 15 is 0 Å². The van der Waals surface area contributed by atoms with Crippen LogP contribution in [-0.4, -0.2) is 5.91 Å². The van der Waals surface area contributed by atoms with Gasteiger partial charge in [-0.15, -0.1) is 0 Å². The van der Waals surface area contributed by atoms with Crippen molar-refractivity contribution in [1.82, 2.24) is 0 Å². The minimum Gasteiger partial charge on any atom is -0.457 e. The smallest absolute Gasteiger partial charge is 0.266 e. The Balaban J connectivity index is 1.82. The third kappa shape index (κ3) is 4.56. The van der Waals surface area contributed by atoms with Crippen molar-refractivity contribution >= 4 is 40.9 Å². The van der Waals surface area contributed by atoms with Gasteiger partial charge in [-0.2, -0.15) is 5.26 Å². The minimum atomic E-state index is -0.633. The number of halogens is 3. The molecule has 3 rings (SSSR count). The molecular weight excluding hydrogens is 390 g/mol. The molecule has 2 aromatic carbocycles. The molecular formula is C20H11Cl2FN2O2. The van der Waals surface area contributed by atoms with Crippen molar-refractivity contribution in [3.63, 3.8) is 0 Å². The van der Waals surface area contributed by atoms with E-state index in [1.54, 1.807) is 30.3 Å². The average molecular weight is 401 g/mol. The molecule has 1 heterocycles. The summed E-state index contributed by atoms with van der Waals surface area (Å²) in [5.74, 6) is -0.277. The van der Waals surface area contributed by atoms with Crippen LogP contribution in [0.25, 0.3) is 17.4 Å². The van der Waals surface area contributed by atoms with Crippen molar-refractivity contribution in [2.24, 2.45) is 0 Å². The predicted octanol–water partition coefficient (Wildman–Crippen LogP) is 5.94. The molecule has 0 fully saturated rings. The summed E-state index contributed by atoms with van der Waals surface area (Å²) in [6.07, 6.45) is 1.31. The van der Waals surface area contributed by atoms with Crippen LogP contribution in [0.2, 0.25) is 10.0 Å². The van der Waals surface area contributed by atoms with Crippen LogP contribution in [0.3, 0.4) is 0 Å². The fourth-order valence-corrected chi connectivity index (χ4v) is 2.79. The maximum atomic E-state index is 12.9. The second kappa shape index (κ2) is 8.09. The minimum absolute atomic E-state index is 0.164. The molecule has 0 spiro atoms. The standard InChI is InChI=1S/C20H11Cl2FN2O2/c21-13-1-7-17(18(22)10-13)19-8-6-16(27-19)9-12(11-24)20(26)25-15-4-2-14(23)3-5-15/h1-10H,(H,25,26)/b12-9+. The fraction of sp³-hybridized carbons (Fsp3) is 0. The van der Waals surface area contributed by atoms with Gasteiger partial charge in [0.25, 0.3) is 5.91 Å². The van der Waals surface area contributed by atoms with Crippen molar-refractivity contribution in [3.05, 3.63) is 81.8 Å². The second-order valence-electron chi connectivity index (χ2n) is 5.46. The number of anilines is 1. The van der Waals surface area contributed by atoms with Crippen LogP contribution in [0, 0.1) is 17.1 Å². The van der Waals surface area contributed by atoms with Crippen molar-refractivity contribution in [2.75, 3.05) is 5.32 Å². The lowest BCUT2D eigenvalue weighted by atomic mass is 10.2. The molecule has 1 aromatic heterocycles. The highest BCUT2D eigenvalue weighted by Gasteiger charge is 2.13. The highest BCUT2D eigenvalue weighted by molar-refractivity contribution is 6.36. The Labute approximate surface area is 164 Å². The predicted molar refractivity (Wildman–Crippen MR) is 103 cm³/mol. The van der Waals surface area contributed by atoms with E-state index in [9.17, 15) is 14.4 Å². The summed E-state index contributed by atoms with van der Waals surface area (Å²) in [7, 11) is 0. The molecule has 0 saturated carbocycles. The molecule has 0 unspecified atom stereocenters. The number of hydrogen-bond acceptors (Lipinski definition) is 3. The van der Waals surface area contributed by atoms with Gasteiger partial charge in [0.2, 0.25) is 0 Å². The topological polar surface area (TPSA) is 66.0 Å². The first-order chi connectivity index (χ1) is 13.0. The number of nitrogens with one attached hydrogen (secondary N) is 1. The number of amides is 1. The Kier molecular flexibility index (Phi) is 5.60. The van der Waals surface area contributed by atoms with Crippen LogP contribution >= 0.6 is 23.2 Å². The van der Waals surface area contributed by atoms with Crippen LogP contribution in [0.1, 0.15) is 5.76 Å². The van der Waals surface area contributed by atoms with Gasteiger partial charge in [-0.1, -0.05) is 23.2 Å². The van der Waals surface area contributed by atoms with Crippen LogP contribution in [0.4, 0.5) is 10.1 Å². The van der Waals surface area contributed by atoms with Gasteiger partial charge < -0.3 is 9.73 Å². The summed E-state index contributed by atoms with van der Waals surface area (Å²) >= 11 is 12.0. The summed E-state index contributed by atoms with van der Waals surface area (Å²) in [6, 6.07) is 15.3. The molecule has 134 valence electrons. The number of nitriles is 1. The Bertz CT molecular complexity index is 1070. The summed E-state index contributed by atoms with van der Waals surface area (Å²) in [5.41, 5.74) is 0.841. The largest absolute Gasteiger partial charge is 0.457 e. The van der Waals surface area contributed by atoms with Gasteiger partial charge in [-0.25, -0.2) is 4.39 Å². The lowest BCUT2D eigenvalue weighted by Gasteiger charge is -2.03. The second-order valence-corrected chi connectivity index (χ2v) is 6.30. The van der Waals surface area contributed by atoms with E-state index in [2.05, 4.69) is 5.32 Å². The van der Waals surface area contributed by atoms with Gasteiger partial charge in [0.05, 0.1) is 5.02 Å². The first kappa shape index (κ1) is 18.7. The van der Waals surface area contributed by atoms with Crippen LogP contribution in [-0.2, 0) is 4.79 Å². The highest BCUT2D eigenvalue weighted by Crippen LogP contribution is 2.32. The number of furan rings is 1. The Morgan fingerprint density at radius 2 is 1.85 bits per heavy atom. The van der Waals surface area contributed by atoms with Crippen LogP contribution in [0.15, 0.2) is 64.6 Å². The lowest BCUT2D eigenvalue weighted by molar-refractivity contribution is -0.112. The van der Waals surface area contributed by atoms with E-state index < -0.39 is 11.7 Å². The zero-order valence-corrected chi connectivity index (χ0v) is 15.2. The van der Waals surface area contributed by atoms with Crippen molar-refractivity contribution in [1.29, 1.82) is 5.26 Å². The van der Waals surface area contributed by atoms with E-state index in [-0.39, 0.29) is 5.57 Å². The molecule has 3 aromatic rings. The molecule has 0 aliphatic heterocycles. The third-order valence-corrected chi connectivity index (χ3v) is 4.12. The van der Waals surface area contributed by atoms with E-state index in [1.165, 1.54) is 30.3 Å². The van der Waals surface area contributed by atoms with Gasteiger partial charge in [0.1, 0.15) is 29.0 Å². The van der Waals surface area contributed by atoms with Gasteiger partial charge >= 0.3 is 0 Å². The SMILES string of the molecule is N#C/C(=C\c1ccc(-c2ccc(Cl)cc2Cl)o1)C(=O)Nc1ccc(F)cc1. The average Bonchev–Trinajstić information content (AvgIpc) is 3.09. The van der Waals surface area contributed by atoms with Gasteiger partial charge in [0.15, 0.2) is 0 Å². The maximum absolute atomic E-state index is 12.9. The summed E-state index contributed by atoms with van der Waals surface area (Å²) < 4.78 is 18.6. The Morgan fingerprint density at radius 1 is 1.11 bits per heavy atom. The summed E-state index contributed by atoms with van der Waals surface area (Å²) in [5, 5.41) is 12.7. The molecule has 1 N–H and O–H groups in total. The van der Waals surface area contributed by atoms with E-state index in [1.807, 2.05) is 6.07 Å². The maximum Gasteiger partial charge on any atom is 0.266 e. The Morgan fingerprint density at radius 3 is 2.52 bits per heavy atom. The molecule has 1 amide bonds. The fourth-order valence-electron chi connectivity index (χ4n) is 2.29. The van der Waals surface area contributed by atoms with E-state index in [0.29, 0.717) is 32.8 Å². The molecule has 7 heteroatoms. The zero-order valence-electron chi connectivity index (χ0n) is 13.7. The van der Waals surface area contributed by atoms with Crippen molar-refractivity contribution in [2.45, 2.75) is 0 Å². The molecule has 0 aliphatic carbocycles. The van der Waals surface area contributed by atoms with Crippen molar-refractivity contribution in [3.8, 4) is 17.4 Å². The quantitative estimate of drug-likeness (QED) is 0.435. The van der Waals surface area contributed by atoms with Crippen LogP contribution < -0.4 is 5.32 Å². The molecule has 27 heavy (non-hydrogen) atoms.